The highest BCUT2D eigenvalue weighted by molar-refractivity contribution is 7.99. The number of hydrogen-bond acceptors (Lipinski definition) is 4. The second-order valence-electron chi connectivity index (χ2n) is 4.47. The molecule has 2 rings (SSSR count). The van der Waals surface area contributed by atoms with Gasteiger partial charge < -0.3 is 5.11 Å². The standard InChI is InChI=1S/C12H15NO3S/c14-12(7-1-2-8-12)9-17-11-5-3-10(4-6-11)13(15)16/h3-6,14H,1-2,7-9H2. The van der Waals surface area contributed by atoms with Crippen molar-refractivity contribution in [3.63, 3.8) is 0 Å². The highest BCUT2D eigenvalue weighted by atomic mass is 32.2. The molecule has 0 aliphatic heterocycles. The SMILES string of the molecule is O=[N+]([O-])c1ccc(SCC2(O)CCCC2)cc1. The molecular weight excluding hydrogens is 238 g/mol. The van der Waals surface area contributed by atoms with Crippen LogP contribution in [0.15, 0.2) is 29.2 Å². The first-order valence-corrected chi connectivity index (χ1v) is 6.67. The molecule has 0 amide bonds. The van der Waals surface area contributed by atoms with Gasteiger partial charge in [-0.05, 0) is 25.0 Å². The highest BCUT2D eigenvalue weighted by Crippen LogP contribution is 2.34. The van der Waals surface area contributed by atoms with Gasteiger partial charge in [-0.1, -0.05) is 12.8 Å². The number of hydrogen-bond donors (Lipinski definition) is 1. The molecule has 5 heteroatoms. The normalized spacial score (nSPS) is 18.2. The predicted octanol–water partition coefficient (Wildman–Crippen LogP) is 2.99. The van der Waals surface area contributed by atoms with Gasteiger partial charge in [0.25, 0.3) is 5.69 Å². The summed E-state index contributed by atoms with van der Waals surface area (Å²) in [6.07, 6.45) is 3.93. The zero-order chi connectivity index (χ0) is 12.3. The maximum Gasteiger partial charge on any atom is 0.269 e. The maximum absolute atomic E-state index is 10.5. The van der Waals surface area contributed by atoms with E-state index in [-0.39, 0.29) is 5.69 Å². The number of nitro benzene ring substituents is 1. The van der Waals surface area contributed by atoms with E-state index in [1.165, 1.54) is 12.1 Å². The van der Waals surface area contributed by atoms with Crippen molar-refractivity contribution >= 4 is 17.4 Å². The van der Waals surface area contributed by atoms with Crippen molar-refractivity contribution in [3.05, 3.63) is 34.4 Å². The van der Waals surface area contributed by atoms with E-state index in [0.29, 0.717) is 5.75 Å². The summed E-state index contributed by atoms with van der Waals surface area (Å²) >= 11 is 1.56. The van der Waals surface area contributed by atoms with E-state index in [0.717, 1.165) is 30.6 Å². The lowest BCUT2D eigenvalue weighted by atomic mass is 10.1. The second-order valence-corrected chi connectivity index (χ2v) is 5.52. The lowest BCUT2D eigenvalue weighted by Gasteiger charge is -2.21. The van der Waals surface area contributed by atoms with Crippen LogP contribution in [0, 0.1) is 10.1 Å². The van der Waals surface area contributed by atoms with Crippen LogP contribution in [0.4, 0.5) is 5.69 Å². The van der Waals surface area contributed by atoms with Gasteiger partial charge in [0.2, 0.25) is 0 Å². The molecule has 0 aromatic heterocycles. The van der Waals surface area contributed by atoms with Crippen molar-refractivity contribution in [2.45, 2.75) is 36.2 Å². The van der Waals surface area contributed by atoms with E-state index in [1.807, 2.05) is 0 Å². The summed E-state index contributed by atoms with van der Waals surface area (Å²) in [7, 11) is 0. The van der Waals surface area contributed by atoms with Gasteiger partial charge in [0, 0.05) is 22.8 Å². The van der Waals surface area contributed by atoms with Gasteiger partial charge in [-0.2, -0.15) is 0 Å². The van der Waals surface area contributed by atoms with Gasteiger partial charge >= 0.3 is 0 Å². The number of rotatable bonds is 4. The number of benzene rings is 1. The molecule has 0 radical (unpaired) electrons. The van der Waals surface area contributed by atoms with Crippen molar-refractivity contribution in [1.82, 2.24) is 0 Å². The summed E-state index contributed by atoms with van der Waals surface area (Å²) in [6, 6.07) is 6.48. The topological polar surface area (TPSA) is 63.4 Å². The van der Waals surface area contributed by atoms with Gasteiger partial charge in [-0.15, -0.1) is 11.8 Å². The lowest BCUT2D eigenvalue weighted by Crippen LogP contribution is -2.26. The number of thioether (sulfide) groups is 1. The van der Waals surface area contributed by atoms with Gasteiger partial charge in [-0.25, -0.2) is 0 Å². The molecule has 0 bridgehead atoms. The Morgan fingerprint density at radius 2 is 1.88 bits per heavy atom. The summed E-state index contributed by atoms with van der Waals surface area (Å²) in [5.74, 6) is 0.671. The molecule has 1 N–H and O–H groups in total. The van der Waals surface area contributed by atoms with E-state index in [9.17, 15) is 15.2 Å². The van der Waals surface area contributed by atoms with Gasteiger partial charge in [0.05, 0.1) is 10.5 Å². The van der Waals surface area contributed by atoms with E-state index in [1.54, 1.807) is 23.9 Å². The van der Waals surface area contributed by atoms with Crippen LogP contribution in [-0.2, 0) is 0 Å². The number of aliphatic hydroxyl groups is 1. The van der Waals surface area contributed by atoms with E-state index >= 15 is 0 Å². The minimum atomic E-state index is -0.535. The molecular formula is C12H15NO3S. The fourth-order valence-corrected chi connectivity index (χ4v) is 3.11. The Kier molecular flexibility index (Phi) is 3.69. The minimum absolute atomic E-state index is 0.105. The predicted molar refractivity (Wildman–Crippen MR) is 67.2 cm³/mol. The van der Waals surface area contributed by atoms with Crippen LogP contribution in [0.1, 0.15) is 25.7 Å². The minimum Gasteiger partial charge on any atom is -0.389 e. The summed E-state index contributed by atoms with van der Waals surface area (Å²) < 4.78 is 0. The number of nitro groups is 1. The molecule has 17 heavy (non-hydrogen) atoms. The molecule has 0 unspecified atom stereocenters. The van der Waals surface area contributed by atoms with Crippen LogP contribution in [0.25, 0.3) is 0 Å². The molecule has 0 spiro atoms. The van der Waals surface area contributed by atoms with Crippen molar-refractivity contribution in [3.8, 4) is 0 Å². The first kappa shape index (κ1) is 12.4. The summed E-state index contributed by atoms with van der Waals surface area (Å²) in [4.78, 5) is 11.1. The molecule has 1 aliphatic carbocycles. The Balaban J connectivity index is 1.93. The largest absolute Gasteiger partial charge is 0.389 e. The zero-order valence-electron chi connectivity index (χ0n) is 9.46. The number of non-ortho nitro benzene ring substituents is 1. The van der Waals surface area contributed by atoms with Gasteiger partial charge in [0.15, 0.2) is 0 Å². The molecule has 1 aromatic carbocycles. The third-order valence-corrected chi connectivity index (χ3v) is 4.38. The van der Waals surface area contributed by atoms with E-state index < -0.39 is 10.5 Å². The Morgan fingerprint density at radius 3 is 2.41 bits per heavy atom. The van der Waals surface area contributed by atoms with Gasteiger partial charge in [0.1, 0.15) is 0 Å². The van der Waals surface area contributed by atoms with Crippen molar-refractivity contribution in [2.75, 3.05) is 5.75 Å². The molecule has 92 valence electrons. The maximum atomic E-state index is 10.5. The molecule has 1 saturated carbocycles. The average molecular weight is 253 g/mol. The van der Waals surface area contributed by atoms with Crippen LogP contribution in [0.3, 0.4) is 0 Å². The van der Waals surface area contributed by atoms with Crippen LogP contribution in [0.2, 0.25) is 0 Å². The molecule has 0 saturated heterocycles. The molecule has 0 atom stereocenters. The molecule has 1 aromatic rings. The Morgan fingerprint density at radius 1 is 1.29 bits per heavy atom. The Labute approximate surface area is 104 Å². The molecule has 4 nitrogen and oxygen atoms in total. The van der Waals surface area contributed by atoms with Crippen LogP contribution < -0.4 is 0 Å². The smallest absolute Gasteiger partial charge is 0.269 e. The first-order valence-electron chi connectivity index (χ1n) is 5.69. The first-order chi connectivity index (χ1) is 8.09. The van der Waals surface area contributed by atoms with Crippen LogP contribution in [0.5, 0.6) is 0 Å². The quantitative estimate of drug-likeness (QED) is 0.509. The van der Waals surface area contributed by atoms with Gasteiger partial charge in [-0.3, -0.25) is 10.1 Å². The summed E-state index contributed by atoms with van der Waals surface area (Å²) in [5.41, 5.74) is -0.430. The third-order valence-electron chi connectivity index (χ3n) is 3.09. The Hall–Kier alpha value is -1.07. The monoisotopic (exact) mass is 253 g/mol. The third kappa shape index (κ3) is 3.20. The average Bonchev–Trinajstić information content (AvgIpc) is 2.75. The van der Waals surface area contributed by atoms with Crippen molar-refractivity contribution in [1.29, 1.82) is 0 Å². The number of nitrogens with zero attached hydrogens (tertiary/aromatic N) is 1. The van der Waals surface area contributed by atoms with Crippen LogP contribution in [-0.4, -0.2) is 21.4 Å². The summed E-state index contributed by atoms with van der Waals surface area (Å²) in [5, 5.41) is 20.7. The van der Waals surface area contributed by atoms with Crippen LogP contribution >= 0.6 is 11.8 Å². The molecule has 0 heterocycles. The highest BCUT2D eigenvalue weighted by Gasteiger charge is 2.30. The second kappa shape index (κ2) is 5.06. The lowest BCUT2D eigenvalue weighted by molar-refractivity contribution is -0.384. The van der Waals surface area contributed by atoms with E-state index in [2.05, 4.69) is 0 Å². The van der Waals surface area contributed by atoms with E-state index in [4.69, 9.17) is 0 Å². The molecule has 1 fully saturated rings. The fraction of sp³-hybridized carbons (Fsp3) is 0.500. The molecule has 1 aliphatic rings. The fourth-order valence-electron chi connectivity index (χ4n) is 2.06. The van der Waals surface area contributed by atoms with Crippen molar-refractivity contribution < 1.29 is 10.0 Å². The summed E-state index contributed by atoms with van der Waals surface area (Å²) in [6.45, 7) is 0. The zero-order valence-corrected chi connectivity index (χ0v) is 10.3. The van der Waals surface area contributed by atoms with Crippen molar-refractivity contribution in [2.24, 2.45) is 0 Å². The Bertz CT molecular complexity index is 399.